The van der Waals surface area contributed by atoms with Crippen molar-refractivity contribution in [2.75, 3.05) is 0 Å². The summed E-state index contributed by atoms with van der Waals surface area (Å²) in [6, 6.07) is 11.2. The number of aromatic nitrogens is 1. The van der Waals surface area contributed by atoms with E-state index in [-0.39, 0.29) is 11.8 Å². The average molecular weight is 337 g/mol. The van der Waals surface area contributed by atoms with Gasteiger partial charge in [-0.15, -0.1) is 0 Å². The lowest BCUT2D eigenvalue weighted by Crippen LogP contribution is -2.20. The summed E-state index contributed by atoms with van der Waals surface area (Å²) < 4.78 is 5.51. The van der Waals surface area contributed by atoms with Gasteiger partial charge >= 0.3 is 0 Å². The molecule has 2 unspecified atom stereocenters. The van der Waals surface area contributed by atoms with Gasteiger partial charge in [-0.1, -0.05) is 49.3 Å². The van der Waals surface area contributed by atoms with Crippen molar-refractivity contribution < 1.29 is 9.32 Å². The van der Waals surface area contributed by atoms with Crippen molar-refractivity contribution in [3.05, 3.63) is 53.4 Å². The molecule has 0 spiro atoms. The summed E-state index contributed by atoms with van der Waals surface area (Å²) in [5.41, 5.74) is 3.20. The van der Waals surface area contributed by atoms with Gasteiger partial charge in [0.2, 0.25) is 0 Å². The Bertz CT molecular complexity index is 818. The molecule has 0 radical (unpaired) electrons. The lowest BCUT2D eigenvalue weighted by molar-refractivity contribution is -0.119. The van der Waals surface area contributed by atoms with Gasteiger partial charge in [0.15, 0.2) is 5.76 Å². The van der Waals surface area contributed by atoms with Crippen LogP contribution in [0.25, 0.3) is 0 Å². The molecule has 1 aliphatic rings. The predicted octanol–water partition coefficient (Wildman–Crippen LogP) is 3.97. The lowest BCUT2D eigenvalue weighted by atomic mass is 9.90. The van der Waals surface area contributed by atoms with E-state index in [2.05, 4.69) is 24.0 Å². The van der Waals surface area contributed by atoms with Crippen molar-refractivity contribution in [2.24, 2.45) is 15.9 Å². The minimum Gasteiger partial charge on any atom is -0.360 e. The second-order valence-electron chi connectivity index (χ2n) is 6.92. The predicted molar refractivity (Wildman–Crippen MR) is 98.3 cm³/mol. The first-order valence-electron chi connectivity index (χ1n) is 8.61. The highest BCUT2D eigenvalue weighted by atomic mass is 16.5. The number of benzene rings is 1. The van der Waals surface area contributed by atoms with Crippen LogP contribution in [-0.2, 0) is 4.79 Å². The summed E-state index contributed by atoms with van der Waals surface area (Å²) in [6.07, 6.45) is 0.684. The summed E-state index contributed by atoms with van der Waals surface area (Å²) >= 11 is 0. The maximum atomic E-state index is 12.7. The van der Waals surface area contributed by atoms with E-state index in [9.17, 15) is 4.79 Å². The number of hydrogen-bond acceptors (Lipinski definition) is 4. The molecule has 25 heavy (non-hydrogen) atoms. The number of aryl methyl sites for hydroxylation is 1. The third-order valence-electron chi connectivity index (χ3n) is 4.26. The van der Waals surface area contributed by atoms with Crippen LogP contribution in [0.1, 0.15) is 50.1 Å². The van der Waals surface area contributed by atoms with Crippen LogP contribution in [0.5, 0.6) is 0 Å². The second-order valence-corrected chi connectivity index (χ2v) is 6.92. The molecule has 1 aliphatic heterocycles. The molecule has 5 nitrogen and oxygen atoms in total. The molecule has 0 saturated heterocycles. The van der Waals surface area contributed by atoms with E-state index < -0.39 is 6.04 Å². The van der Waals surface area contributed by atoms with Crippen molar-refractivity contribution in [3.8, 4) is 0 Å². The van der Waals surface area contributed by atoms with Crippen LogP contribution in [0.3, 0.4) is 0 Å². The van der Waals surface area contributed by atoms with Crippen molar-refractivity contribution in [1.82, 2.24) is 5.16 Å². The molecule has 2 aromatic rings. The van der Waals surface area contributed by atoms with E-state index in [1.807, 2.05) is 50.2 Å². The molecule has 2 heterocycles. The van der Waals surface area contributed by atoms with Gasteiger partial charge in [0.25, 0.3) is 5.91 Å². The maximum Gasteiger partial charge on any atom is 0.270 e. The molecule has 1 amide bonds. The molecule has 0 bridgehead atoms. The fraction of sp³-hybridized carbons (Fsp3) is 0.400. The molecule has 0 aliphatic carbocycles. The van der Waals surface area contributed by atoms with Crippen LogP contribution in [0.4, 0.5) is 0 Å². The summed E-state index contributed by atoms with van der Waals surface area (Å²) in [6.45, 7) is 7.99. The van der Waals surface area contributed by atoms with Crippen LogP contribution in [0.15, 0.2) is 50.9 Å². The molecule has 1 aromatic heterocycles. The van der Waals surface area contributed by atoms with E-state index in [4.69, 9.17) is 9.52 Å². The summed E-state index contributed by atoms with van der Waals surface area (Å²) in [7, 11) is 0. The summed E-state index contributed by atoms with van der Waals surface area (Å²) in [4.78, 5) is 21.9. The summed E-state index contributed by atoms with van der Waals surface area (Å²) in [5.74, 6) is 0.541. The number of nitrogens with zero attached hydrogens (tertiary/aromatic N) is 3. The topological polar surface area (TPSA) is 67.8 Å². The number of amides is 1. The molecule has 0 fully saturated rings. The number of carbonyl (C=O) groups is 1. The third-order valence-corrected chi connectivity index (χ3v) is 4.26. The monoisotopic (exact) mass is 337 g/mol. The van der Waals surface area contributed by atoms with E-state index in [0.717, 1.165) is 17.0 Å². The zero-order chi connectivity index (χ0) is 18.0. The first-order valence-corrected chi connectivity index (χ1v) is 8.61. The molecular formula is C20H23N3O2. The zero-order valence-electron chi connectivity index (χ0n) is 15.1. The Kier molecular flexibility index (Phi) is 4.93. The minimum absolute atomic E-state index is 0.189. The Balaban J connectivity index is 2.13. The lowest BCUT2D eigenvalue weighted by Gasteiger charge is -2.15. The van der Waals surface area contributed by atoms with E-state index in [0.29, 0.717) is 23.8 Å². The van der Waals surface area contributed by atoms with Gasteiger partial charge < -0.3 is 4.52 Å². The molecule has 1 aromatic carbocycles. The third kappa shape index (κ3) is 3.76. The van der Waals surface area contributed by atoms with Gasteiger partial charge in [0, 0.05) is 11.8 Å². The quantitative estimate of drug-likeness (QED) is 0.847. The number of rotatable bonds is 4. The van der Waals surface area contributed by atoms with Crippen LogP contribution < -0.4 is 0 Å². The number of aliphatic imine (C=N–C) groups is 2. The largest absolute Gasteiger partial charge is 0.360 e. The molecule has 3 rings (SSSR count). The molecule has 0 saturated carbocycles. The van der Waals surface area contributed by atoms with Crippen LogP contribution >= 0.6 is 0 Å². The van der Waals surface area contributed by atoms with E-state index in [1.54, 1.807) is 0 Å². The zero-order valence-corrected chi connectivity index (χ0v) is 15.1. The van der Waals surface area contributed by atoms with Gasteiger partial charge in [-0.05, 0) is 31.7 Å². The van der Waals surface area contributed by atoms with Crippen LogP contribution in [0, 0.1) is 12.8 Å². The molecule has 0 N–H and O–H groups in total. The maximum absolute atomic E-state index is 12.7. The smallest absolute Gasteiger partial charge is 0.270 e. The molecular weight excluding hydrogens is 314 g/mol. The van der Waals surface area contributed by atoms with Gasteiger partial charge in [-0.2, -0.15) is 0 Å². The fourth-order valence-electron chi connectivity index (χ4n) is 3.13. The Labute approximate surface area is 147 Å². The summed E-state index contributed by atoms with van der Waals surface area (Å²) in [5, 5.41) is 4.00. The first kappa shape index (κ1) is 17.3. The van der Waals surface area contributed by atoms with Gasteiger partial charge in [0.05, 0.1) is 11.4 Å². The molecule has 2 atom stereocenters. The van der Waals surface area contributed by atoms with Crippen molar-refractivity contribution in [3.63, 3.8) is 0 Å². The van der Waals surface area contributed by atoms with Crippen LogP contribution in [-0.4, -0.2) is 28.5 Å². The van der Waals surface area contributed by atoms with E-state index >= 15 is 0 Å². The standard InChI is InChI=1S/C20H23N3O2/c1-12(2)10-16-20(24)22-19(15-8-6-5-7-9-15)18(14(4)21-16)17-11-13(3)23-25-17/h5-9,11-12,16,18H,10H2,1-4H3. The fourth-order valence-corrected chi connectivity index (χ4v) is 3.13. The van der Waals surface area contributed by atoms with Gasteiger partial charge in [-0.3, -0.25) is 9.79 Å². The minimum atomic E-state index is -0.437. The van der Waals surface area contributed by atoms with Crippen molar-refractivity contribution in [2.45, 2.75) is 46.1 Å². The van der Waals surface area contributed by atoms with Crippen molar-refractivity contribution in [1.29, 1.82) is 0 Å². The normalized spacial score (nSPS) is 21.1. The highest BCUT2D eigenvalue weighted by molar-refractivity contribution is 6.22. The molecule has 130 valence electrons. The van der Waals surface area contributed by atoms with E-state index in [1.165, 1.54) is 0 Å². The Morgan fingerprint density at radius 3 is 2.48 bits per heavy atom. The highest BCUT2D eigenvalue weighted by Gasteiger charge is 2.33. The van der Waals surface area contributed by atoms with Crippen LogP contribution in [0.2, 0.25) is 0 Å². The van der Waals surface area contributed by atoms with Gasteiger partial charge in [-0.25, -0.2) is 4.99 Å². The highest BCUT2D eigenvalue weighted by Crippen LogP contribution is 2.28. The SMILES string of the molecule is CC1=NC(CC(C)C)C(=O)N=C(c2ccccc2)C1c1cc(C)no1. The van der Waals surface area contributed by atoms with Gasteiger partial charge in [0.1, 0.15) is 12.0 Å². The van der Waals surface area contributed by atoms with Crippen molar-refractivity contribution >= 4 is 17.3 Å². The Morgan fingerprint density at radius 2 is 1.88 bits per heavy atom. The Morgan fingerprint density at radius 1 is 1.16 bits per heavy atom. The second kappa shape index (κ2) is 7.13. The first-order chi connectivity index (χ1) is 12.0. The number of hydrogen-bond donors (Lipinski definition) is 0. The molecule has 5 heteroatoms. The number of carbonyl (C=O) groups excluding carboxylic acids is 1. The Hall–Kier alpha value is -2.56. The average Bonchev–Trinajstić information content (AvgIpc) is 2.95.